The molecule has 2 unspecified atom stereocenters. The van der Waals surface area contributed by atoms with Crippen LogP contribution >= 0.6 is 0 Å². The normalized spacial score (nSPS) is 26.6. The average molecular weight is 303 g/mol. The van der Waals surface area contributed by atoms with E-state index in [1.54, 1.807) is 4.31 Å². The van der Waals surface area contributed by atoms with E-state index < -0.39 is 10.2 Å². The molecule has 118 valence electrons. The van der Waals surface area contributed by atoms with E-state index in [1.165, 1.54) is 12.8 Å². The first-order valence-electron chi connectivity index (χ1n) is 8.02. The van der Waals surface area contributed by atoms with Crippen LogP contribution in [-0.4, -0.2) is 44.4 Å². The highest BCUT2D eigenvalue weighted by molar-refractivity contribution is 7.87. The molecule has 1 aliphatic heterocycles. The third-order valence-electron chi connectivity index (χ3n) is 4.41. The van der Waals surface area contributed by atoms with E-state index in [9.17, 15) is 8.42 Å². The molecule has 0 spiro atoms. The Morgan fingerprint density at radius 3 is 2.65 bits per heavy atom. The minimum atomic E-state index is -3.32. The topological polar surface area (TPSA) is 61.4 Å². The second kappa shape index (κ2) is 7.20. The summed E-state index contributed by atoms with van der Waals surface area (Å²) in [4.78, 5) is 0. The fourth-order valence-corrected chi connectivity index (χ4v) is 4.16. The summed E-state index contributed by atoms with van der Waals surface area (Å²) in [6, 6.07) is 0.758. The van der Waals surface area contributed by atoms with E-state index in [4.69, 9.17) is 0 Å². The minimum absolute atomic E-state index is 0.124. The number of nitrogens with zero attached hydrogens (tertiary/aromatic N) is 1. The molecule has 6 heteroatoms. The van der Waals surface area contributed by atoms with Gasteiger partial charge >= 0.3 is 0 Å². The Balaban J connectivity index is 1.90. The SMILES string of the molecule is CCC(C)CNS(=O)(=O)N1CCCCC1CNC1CC1. The fraction of sp³-hybridized carbons (Fsp3) is 1.00. The average Bonchev–Trinajstić information content (AvgIpc) is 3.27. The summed E-state index contributed by atoms with van der Waals surface area (Å²) in [6.45, 7) is 6.16. The van der Waals surface area contributed by atoms with Gasteiger partial charge in [-0.3, -0.25) is 0 Å². The Hall–Kier alpha value is -0.170. The number of rotatable bonds is 8. The lowest BCUT2D eigenvalue weighted by Gasteiger charge is -2.35. The number of nitrogens with one attached hydrogen (secondary N) is 2. The Kier molecular flexibility index (Phi) is 5.84. The third-order valence-corrected chi connectivity index (χ3v) is 6.04. The van der Waals surface area contributed by atoms with Crippen molar-refractivity contribution in [3.05, 3.63) is 0 Å². The van der Waals surface area contributed by atoms with Crippen LogP contribution in [0.5, 0.6) is 0 Å². The van der Waals surface area contributed by atoms with Crippen molar-refractivity contribution >= 4 is 10.2 Å². The summed E-state index contributed by atoms with van der Waals surface area (Å²) in [7, 11) is -3.32. The van der Waals surface area contributed by atoms with Crippen molar-refractivity contribution in [1.82, 2.24) is 14.3 Å². The zero-order valence-corrected chi connectivity index (χ0v) is 13.6. The van der Waals surface area contributed by atoms with E-state index in [1.807, 2.05) is 0 Å². The van der Waals surface area contributed by atoms with Gasteiger partial charge in [0.25, 0.3) is 10.2 Å². The van der Waals surface area contributed by atoms with Crippen molar-refractivity contribution in [2.24, 2.45) is 5.92 Å². The molecule has 0 amide bonds. The maximum atomic E-state index is 12.5. The second-order valence-electron chi connectivity index (χ2n) is 6.31. The Labute approximate surface area is 123 Å². The molecular weight excluding hydrogens is 274 g/mol. The quantitative estimate of drug-likeness (QED) is 0.714. The molecule has 1 aliphatic carbocycles. The van der Waals surface area contributed by atoms with Gasteiger partial charge in [-0.1, -0.05) is 26.7 Å². The molecular formula is C14H29N3O2S. The number of hydrogen-bond acceptors (Lipinski definition) is 3. The summed E-state index contributed by atoms with van der Waals surface area (Å²) >= 11 is 0. The molecule has 5 nitrogen and oxygen atoms in total. The molecule has 0 bridgehead atoms. The van der Waals surface area contributed by atoms with Crippen LogP contribution in [0.2, 0.25) is 0 Å². The van der Waals surface area contributed by atoms with Crippen LogP contribution in [0.1, 0.15) is 52.4 Å². The van der Waals surface area contributed by atoms with Gasteiger partial charge in [-0.2, -0.15) is 12.7 Å². The highest BCUT2D eigenvalue weighted by Crippen LogP contribution is 2.22. The zero-order chi connectivity index (χ0) is 14.6. The van der Waals surface area contributed by atoms with Crippen molar-refractivity contribution in [1.29, 1.82) is 0 Å². The molecule has 0 aromatic rings. The predicted molar refractivity (Wildman–Crippen MR) is 81.7 cm³/mol. The third kappa shape index (κ3) is 4.69. The lowest BCUT2D eigenvalue weighted by Crippen LogP contribution is -2.53. The first kappa shape index (κ1) is 16.2. The maximum Gasteiger partial charge on any atom is 0.279 e. The van der Waals surface area contributed by atoms with E-state index in [0.29, 0.717) is 25.0 Å². The van der Waals surface area contributed by atoms with Gasteiger partial charge in [0.05, 0.1) is 0 Å². The Morgan fingerprint density at radius 1 is 1.25 bits per heavy atom. The van der Waals surface area contributed by atoms with Gasteiger partial charge in [-0.15, -0.1) is 0 Å². The molecule has 2 N–H and O–H groups in total. The summed E-state index contributed by atoms with van der Waals surface area (Å²) in [5.74, 6) is 0.387. The first-order chi connectivity index (χ1) is 9.53. The molecule has 20 heavy (non-hydrogen) atoms. The largest absolute Gasteiger partial charge is 0.312 e. The number of piperidine rings is 1. The monoisotopic (exact) mass is 303 g/mol. The van der Waals surface area contributed by atoms with Gasteiger partial charge in [-0.05, 0) is 31.6 Å². The molecule has 2 aliphatic rings. The molecule has 0 radical (unpaired) electrons. The molecule has 0 aromatic carbocycles. The lowest BCUT2D eigenvalue weighted by molar-refractivity contribution is 0.241. The van der Waals surface area contributed by atoms with Crippen molar-refractivity contribution < 1.29 is 8.42 Å². The van der Waals surface area contributed by atoms with E-state index in [2.05, 4.69) is 23.9 Å². The van der Waals surface area contributed by atoms with Gasteiger partial charge in [0, 0.05) is 31.7 Å². The fourth-order valence-electron chi connectivity index (χ4n) is 2.56. The summed E-state index contributed by atoms with van der Waals surface area (Å²) in [6.07, 6.45) is 6.56. The van der Waals surface area contributed by atoms with E-state index >= 15 is 0 Å². The van der Waals surface area contributed by atoms with Crippen LogP contribution in [-0.2, 0) is 10.2 Å². The van der Waals surface area contributed by atoms with Crippen LogP contribution in [0.4, 0.5) is 0 Å². The Bertz CT molecular complexity index is 395. The minimum Gasteiger partial charge on any atom is -0.312 e. The van der Waals surface area contributed by atoms with Crippen LogP contribution in [0.15, 0.2) is 0 Å². The molecule has 1 saturated heterocycles. The zero-order valence-electron chi connectivity index (χ0n) is 12.8. The Morgan fingerprint density at radius 2 is 2.00 bits per heavy atom. The molecule has 1 saturated carbocycles. The highest BCUT2D eigenvalue weighted by atomic mass is 32.2. The van der Waals surface area contributed by atoms with Gasteiger partial charge in [0.2, 0.25) is 0 Å². The number of hydrogen-bond donors (Lipinski definition) is 2. The molecule has 2 atom stereocenters. The molecule has 0 aromatic heterocycles. The second-order valence-corrected chi connectivity index (χ2v) is 8.02. The maximum absolute atomic E-state index is 12.5. The van der Waals surface area contributed by atoms with Crippen molar-refractivity contribution in [2.75, 3.05) is 19.6 Å². The smallest absolute Gasteiger partial charge is 0.279 e. The van der Waals surface area contributed by atoms with Gasteiger partial charge in [0.1, 0.15) is 0 Å². The van der Waals surface area contributed by atoms with E-state index in [0.717, 1.165) is 32.2 Å². The molecule has 2 rings (SSSR count). The van der Waals surface area contributed by atoms with Crippen LogP contribution < -0.4 is 10.0 Å². The van der Waals surface area contributed by atoms with E-state index in [-0.39, 0.29) is 6.04 Å². The summed E-state index contributed by atoms with van der Waals surface area (Å²) in [5, 5.41) is 3.47. The lowest BCUT2D eigenvalue weighted by atomic mass is 10.1. The van der Waals surface area contributed by atoms with Crippen LogP contribution in [0.25, 0.3) is 0 Å². The first-order valence-corrected chi connectivity index (χ1v) is 9.46. The van der Waals surface area contributed by atoms with Crippen LogP contribution in [0.3, 0.4) is 0 Å². The van der Waals surface area contributed by atoms with Gasteiger partial charge in [-0.25, -0.2) is 4.72 Å². The molecule has 2 fully saturated rings. The van der Waals surface area contributed by atoms with Crippen molar-refractivity contribution in [3.63, 3.8) is 0 Å². The van der Waals surface area contributed by atoms with Gasteiger partial charge in [0.15, 0.2) is 0 Å². The molecule has 1 heterocycles. The highest BCUT2D eigenvalue weighted by Gasteiger charge is 2.33. The van der Waals surface area contributed by atoms with Gasteiger partial charge < -0.3 is 5.32 Å². The standard InChI is InChI=1S/C14H29N3O2S/c1-3-12(2)10-16-20(18,19)17-9-5-4-6-14(17)11-15-13-7-8-13/h12-16H,3-11H2,1-2H3. The summed E-state index contributed by atoms with van der Waals surface area (Å²) in [5.41, 5.74) is 0. The summed E-state index contributed by atoms with van der Waals surface area (Å²) < 4.78 is 29.4. The van der Waals surface area contributed by atoms with Crippen molar-refractivity contribution in [3.8, 4) is 0 Å². The van der Waals surface area contributed by atoms with Crippen molar-refractivity contribution in [2.45, 2.75) is 64.5 Å². The van der Waals surface area contributed by atoms with Crippen LogP contribution in [0, 0.1) is 5.92 Å². The predicted octanol–water partition coefficient (Wildman–Crippen LogP) is 1.47.